The summed E-state index contributed by atoms with van der Waals surface area (Å²) in [6, 6.07) is 12.5. The van der Waals surface area contributed by atoms with Gasteiger partial charge in [0.25, 0.3) is 0 Å². The first-order valence-electron chi connectivity index (χ1n) is 11.0. The minimum absolute atomic E-state index is 0.107. The summed E-state index contributed by atoms with van der Waals surface area (Å²) in [6.07, 6.45) is 0.772. The van der Waals surface area contributed by atoms with Crippen LogP contribution in [0.4, 0.5) is 0 Å². The number of hydrogen-bond donors (Lipinski definition) is 1. The molecule has 0 radical (unpaired) electrons. The lowest BCUT2D eigenvalue weighted by molar-refractivity contribution is -0.141. The number of amides is 2. The Hall–Kier alpha value is -3.22. The van der Waals surface area contributed by atoms with Crippen molar-refractivity contribution < 1.29 is 23.8 Å². The number of carbonyl (C=O) groups is 2. The fourth-order valence-electron chi connectivity index (χ4n) is 3.46. The van der Waals surface area contributed by atoms with Crippen molar-refractivity contribution in [3.63, 3.8) is 0 Å². The molecular formula is C26H36N2O5. The maximum atomic E-state index is 13.3. The molecule has 0 aromatic heterocycles. The molecule has 2 amide bonds. The molecule has 1 N–H and O–H groups in total. The summed E-state index contributed by atoms with van der Waals surface area (Å²) < 4.78 is 16.0. The van der Waals surface area contributed by atoms with Crippen LogP contribution in [0.15, 0.2) is 42.5 Å². The lowest BCUT2D eigenvalue weighted by Crippen LogP contribution is -2.52. The van der Waals surface area contributed by atoms with Gasteiger partial charge in [-0.15, -0.1) is 0 Å². The molecule has 0 saturated heterocycles. The van der Waals surface area contributed by atoms with E-state index in [1.807, 2.05) is 63.2 Å². The SMILES string of the molecule is COc1cccc(CN(C(=O)CCc2ccc(OC)c(OC)c2)C(C)C(=O)NC(C)(C)C)c1. The van der Waals surface area contributed by atoms with Gasteiger partial charge in [0.15, 0.2) is 11.5 Å². The Labute approximate surface area is 197 Å². The van der Waals surface area contributed by atoms with E-state index in [4.69, 9.17) is 14.2 Å². The number of hydrogen-bond acceptors (Lipinski definition) is 5. The lowest BCUT2D eigenvalue weighted by atomic mass is 10.1. The third-order valence-electron chi connectivity index (χ3n) is 5.23. The number of carbonyl (C=O) groups excluding carboxylic acids is 2. The molecule has 180 valence electrons. The molecule has 0 heterocycles. The third kappa shape index (κ3) is 7.70. The zero-order chi connectivity index (χ0) is 24.6. The van der Waals surface area contributed by atoms with Gasteiger partial charge >= 0.3 is 0 Å². The van der Waals surface area contributed by atoms with Crippen molar-refractivity contribution in [2.45, 2.75) is 58.7 Å². The molecule has 7 heteroatoms. The van der Waals surface area contributed by atoms with E-state index < -0.39 is 11.6 Å². The van der Waals surface area contributed by atoms with Crippen molar-refractivity contribution in [3.8, 4) is 17.2 Å². The van der Waals surface area contributed by atoms with Crippen LogP contribution in [0.2, 0.25) is 0 Å². The van der Waals surface area contributed by atoms with Crippen molar-refractivity contribution in [1.29, 1.82) is 0 Å². The molecule has 0 saturated carbocycles. The molecule has 0 bridgehead atoms. The molecule has 2 aromatic rings. The van der Waals surface area contributed by atoms with E-state index in [9.17, 15) is 9.59 Å². The van der Waals surface area contributed by atoms with Gasteiger partial charge in [-0.25, -0.2) is 0 Å². The Bertz CT molecular complexity index is 952. The topological polar surface area (TPSA) is 77.1 Å². The number of methoxy groups -OCH3 is 3. The molecular weight excluding hydrogens is 420 g/mol. The van der Waals surface area contributed by atoms with Gasteiger partial charge in [0.1, 0.15) is 11.8 Å². The van der Waals surface area contributed by atoms with Crippen molar-refractivity contribution in [2.75, 3.05) is 21.3 Å². The van der Waals surface area contributed by atoms with E-state index in [-0.39, 0.29) is 18.2 Å². The van der Waals surface area contributed by atoms with Gasteiger partial charge < -0.3 is 24.4 Å². The fourth-order valence-corrected chi connectivity index (χ4v) is 3.46. The van der Waals surface area contributed by atoms with Crippen LogP contribution in [-0.2, 0) is 22.6 Å². The smallest absolute Gasteiger partial charge is 0.242 e. The number of ether oxygens (including phenoxy) is 3. The van der Waals surface area contributed by atoms with Gasteiger partial charge in [-0.3, -0.25) is 9.59 Å². The van der Waals surface area contributed by atoms with Crippen LogP contribution < -0.4 is 19.5 Å². The van der Waals surface area contributed by atoms with Crippen LogP contribution in [0.3, 0.4) is 0 Å². The summed E-state index contributed by atoms with van der Waals surface area (Å²) in [5.74, 6) is 1.67. The van der Waals surface area contributed by atoms with E-state index in [1.54, 1.807) is 33.2 Å². The van der Waals surface area contributed by atoms with Gasteiger partial charge in [-0.2, -0.15) is 0 Å². The Morgan fingerprint density at radius 2 is 1.64 bits per heavy atom. The van der Waals surface area contributed by atoms with Crippen LogP contribution >= 0.6 is 0 Å². The van der Waals surface area contributed by atoms with Gasteiger partial charge in [0.05, 0.1) is 21.3 Å². The second-order valence-corrected chi connectivity index (χ2v) is 8.98. The van der Waals surface area contributed by atoms with Crippen LogP contribution in [0.5, 0.6) is 17.2 Å². The number of nitrogens with one attached hydrogen (secondary N) is 1. The number of aryl methyl sites for hydroxylation is 1. The maximum Gasteiger partial charge on any atom is 0.242 e. The molecule has 0 fully saturated rings. The van der Waals surface area contributed by atoms with Crippen LogP contribution in [0.1, 0.15) is 45.2 Å². The second kappa shape index (κ2) is 11.6. The van der Waals surface area contributed by atoms with Crippen molar-refractivity contribution in [1.82, 2.24) is 10.2 Å². The Morgan fingerprint density at radius 3 is 2.24 bits per heavy atom. The summed E-state index contributed by atoms with van der Waals surface area (Å²) in [4.78, 5) is 27.8. The molecule has 1 unspecified atom stereocenters. The quantitative estimate of drug-likeness (QED) is 0.585. The van der Waals surface area contributed by atoms with E-state index in [2.05, 4.69) is 5.32 Å². The summed E-state index contributed by atoms with van der Waals surface area (Å²) in [7, 11) is 4.77. The first kappa shape index (κ1) is 26.0. The first-order chi connectivity index (χ1) is 15.6. The molecule has 2 rings (SSSR count). The lowest BCUT2D eigenvalue weighted by Gasteiger charge is -2.31. The normalized spacial score (nSPS) is 12.0. The fraction of sp³-hybridized carbons (Fsp3) is 0.462. The maximum absolute atomic E-state index is 13.3. The molecule has 0 aliphatic rings. The zero-order valence-corrected chi connectivity index (χ0v) is 20.7. The minimum atomic E-state index is -0.631. The van der Waals surface area contributed by atoms with Crippen molar-refractivity contribution in [3.05, 3.63) is 53.6 Å². The van der Waals surface area contributed by atoms with E-state index >= 15 is 0 Å². The molecule has 0 spiro atoms. The van der Waals surface area contributed by atoms with Gasteiger partial charge in [0.2, 0.25) is 11.8 Å². The Balaban J connectivity index is 2.22. The van der Waals surface area contributed by atoms with Gasteiger partial charge in [-0.1, -0.05) is 18.2 Å². The van der Waals surface area contributed by atoms with Crippen LogP contribution in [-0.4, -0.2) is 49.6 Å². The zero-order valence-electron chi connectivity index (χ0n) is 20.7. The predicted octanol–water partition coefficient (Wildman–Crippen LogP) is 3.98. The Morgan fingerprint density at radius 1 is 0.939 bits per heavy atom. The number of nitrogens with zero attached hydrogens (tertiary/aromatic N) is 1. The molecule has 0 aliphatic heterocycles. The summed E-state index contributed by atoms with van der Waals surface area (Å²) >= 11 is 0. The highest BCUT2D eigenvalue weighted by molar-refractivity contribution is 5.87. The largest absolute Gasteiger partial charge is 0.497 e. The summed E-state index contributed by atoms with van der Waals surface area (Å²) in [6.45, 7) is 7.82. The second-order valence-electron chi connectivity index (χ2n) is 8.98. The monoisotopic (exact) mass is 456 g/mol. The summed E-state index contributed by atoms with van der Waals surface area (Å²) in [5.41, 5.74) is 1.45. The molecule has 1 atom stereocenters. The first-order valence-corrected chi connectivity index (χ1v) is 11.0. The summed E-state index contributed by atoms with van der Waals surface area (Å²) in [5, 5.41) is 2.98. The average Bonchev–Trinajstić information content (AvgIpc) is 2.79. The molecule has 33 heavy (non-hydrogen) atoms. The predicted molar refractivity (Wildman–Crippen MR) is 129 cm³/mol. The van der Waals surface area contributed by atoms with Gasteiger partial charge in [0, 0.05) is 18.5 Å². The average molecular weight is 457 g/mol. The highest BCUT2D eigenvalue weighted by Gasteiger charge is 2.28. The highest BCUT2D eigenvalue weighted by Crippen LogP contribution is 2.28. The molecule has 0 aliphatic carbocycles. The molecule has 7 nitrogen and oxygen atoms in total. The van der Waals surface area contributed by atoms with Crippen LogP contribution in [0, 0.1) is 0 Å². The van der Waals surface area contributed by atoms with E-state index in [0.29, 0.717) is 30.2 Å². The minimum Gasteiger partial charge on any atom is -0.497 e. The Kier molecular flexibility index (Phi) is 9.14. The third-order valence-corrected chi connectivity index (χ3v) is 5.23. The van der Waals surface area contributed by atoms with Crippen LogP contribution in [0.25, 0.3) is 0 Å². The van der Waals surface area contributed by atoms with E-state index in [0.717, 1.165) is 11.1 Å². The molecule has 2 aromatic carbocycles. The van der Waals surface area contributed by atoms with E-state index in [1.165, 1.54) is 0 Å². The van der Waals surface area contributed by atoms with Gasteiger partial charge in [-0.05, 0) is 69.5 Å². The standard InChI is InChI=1S/C26H36N2O5/c1-18(25(30)27-26(2,3)4)28(17-20-9-8-10-21(15-20)31-5)24(29)14-12-19-11-13-22(32-6)23(16-19)33-7/h8-11,13,15-16,18H,12,14,17H2,1-7H3,(H,27,30). The van der Waals surface area contributed by atoms with Crippen molar-refractivity contribution in [2.24, 2.45) is 0 Å². The van der Waals surface area contributed by atoms with Crippen molar-refractivity contribution >= 4 is 11.8 Å². The number of rotatable bonds is 10. The highest BCUT2D eigenvalue weighted by atomic mass is 16.5. The number of benzene rings is 2.